The highest BCUT2D eigenvalue weighted by molar-refractivity contribution is 5.90. The largest absolute Gasteiger partial charge is 0.457 e. The van der Waals surface area contributed by atoms with Crippen LogP contribution < -0.4 is 9.47 Å². The maximum absolute atomic E-state index is 11.9. The molecule has 2 heterocycles. The van der Waals surface area contributed by atoms with E-state index in [-0.39, 0.29) is 23.0 Å². The third kappa shape index (κ3) is 2.90. The molecule has 0 saturated carbocycles. The Bertz CT molecular complexity index is 704. The predicted molar refractivity (Wildman–Crippen MR) is 73.8 cm³/mol. The molecule has 0 unspecified atom stereocenters. The lowest BCUT2D eigenvalue weighted by Crippen LogP contribution is -2.11. The van der Waals surface area contributed by atoms with Gasteiger partial charge in [-0.3, -0.25) is 0 Å². The molecule has 0 fully saturated rings. The van der Waals surface area contributed by atoms with Crippen LogP contribution in [-0.4, -0.2) is 11.9 Å². The van der Waals surface area contributed by atoms with E-state index in [9.17, 15) is 9.59 Å². The lowest BCUT2D eigenvalue weighted by atomic mass is 10.3. The Hall–Kier alpha value is -3.28. The van der Waals surface area contributed by atoms with Crippen LogP contribution in [0.15, 0.2) is 69.9 Å². The van der Waals surface area contributed by atoms with Gasteiger partial charge in [0, 0.05) is 0 Å². The average Bonchev–Trinajstić information content (AvgIpc) is 3.23. The fraction of sp³-hybridized carbons (Fsp3) is 0. The standard InChI is InChI=1S/C16H10O6/c17-15(13-7-3-9-19-13)21-11-5-1-2-6-12(11)22-16(18)14-8-4-10-20-14/h1-10H. The van der Waals surface area contributed by atoms with Crippen molar-refractivity contribution in [2.45, 2.75) is 0 Å². The van der Waals surface area contributed by atoms with Gasteiger partial charge >= 0.3 is 11.9 Å². The number of carbonyl (C=O) groups excluding carboxylic acids is 2. The van der Waals surface area contributed by atoms with Gasteiger partial charge in [-0.2, -0.15) is 0 Å². The Kier molecular flexibility index (Phi) is 3.74. The van der Waals surface area contributed by atoms with Crippen LogP contribution in [0.3, 0.4) is 0 Å². The van der Waals surface area contributed by atoms with E-state index in [1.165, 1.54) is 36.8 Å². The number of para-hydroxylation sites is 2. The van der Waals surface area contributed by atoms with Gasteiger partial charge < -0.3 is 18.3 Å². The topological polar surface area (TPSA) is 78.9 Å². The summed E-state index contributed by atoms with van der Waals surface area (Å²) in [7, 11) is 0. The Labute approximate surface area is 124 Å². The molecule has 0 atom stereocenters. The van der Waals surface area contributed by atoms with E-state index in [1.54, 1.807) is 24.3 Å². The zero-order chi connectivity index (χ0) is 15.4. The summed E-state index contributed by atoms with van der Waals surface area (Å²) < 4.78 is 20.2. The first kappa shape index (κ1) is 13.7. The molecule has 2 aromatic heterocycles. The fourth-order valence-electron chi connectivity index (χ4n) is 1.71. The fourth-order valence-corrected chi connectivity index (χ4v) is 1.71. The van der Waals surface area contributed by atoms with Crippen molar-refractivity contribution in [3.05, 3.63) is 72.6 Å². The SMILES string of the molecule is O=C(Oc1ccccc1OC(=O)c1ccco1)c1ccco1. The van der Waals surface area contributed by atoms with Crippen molar-refractivity contribution in [3.8, 4) is 11.5 Å². The first-order valence-electron chi connectivity index (χ1n) is 6.34. The van der Waals surface area contributed by atoms with Gasteiger partial charge in [-0.1, -0.05) is 12.1 Å². The Morgan fingerprint density at radius 2 is 1.14 bits per heavy atom. The molecule has 0 spiro atoms. The van der Waals surface area contributed by atoms with Crippen molar-refractivity contribution in [1.82, 2.24) is 0 Å². The van der Waals surface area contributed by atoms with Gasteiger partial charge in [-0.15, -0.1) is 0 Å². The lowest BCUT2D eigenvalue weighted by Gasteiger charge is -2.08. The molecule has 0 bridgehead atoms. The second-order valence-corrected chi connectivity index (χ2v) is 4.18. The molecule has 3 rings (SSSR count). The van der Waals surface area contributed by atoms with Crippen molar-refractivity contribution in [2.24, 2.45) is 0 Å². The first-order chi connectivity index (χ1) is 10.7. The van der Waals surface area contributed by atoms with Crippen molar-refractivity contribution < 1.29 is 27.9 Å². The average molecular weight is 298 g/mol. The van der Waals surface area contributed by atoms with Crippen LogP contribution in [-0.2, 0) is 0 Å². The number of esters is 2. The molecule has 0 aliphatic heterocycles. The summed E-state index contributed by atoms with van der Waals surface area (Å²) in [5.74, 6) is -1.08. The Morgan fingerprint density at radius 1 is 0.682 bits per heavy atom. The third-order valence-electron chi connectivity index (χ3n) is 2.70. The van der Waals surface area contributed by atoms with Crippen LogP contribution in [0.4, 0.5) is 0 Å². The maximum atomic E-state index is 11.9. The molecule has 0 saturated heterocycles. The number of benzene rings is 1. The number of ether oxygens (including phenoxy) is 2. The van der Waals surface area contributed by atoms with Crippen LogP contribution >= 0.6 is 0 Å². The van der Waals surface area contributed by atoms with Crippen molar-refractivity contribution in [2.75, 3.05) is 0 Å². The maximum Gasteiger partial charge on any atom is 0.379 e. The summed E-state index contributed by atoms with van der Waals surface area (Å²) in [6.07, 6.45) is 2.72. The molecule has 3 aromatic rings. The van der Waals surface area contributed by atoms with Gasteiger partial charge in [0.25, 0.3) is 0 Å². The first-order valence-corrected chi connectivity index (χ1v) is 6.34. The van der Waals surface area contributed by atoms with Gasteiger partial charge in [-0.05, 0) is 36.4 Å². The summed E-state index contributed by atoms with van der Waals surface area (Å²) in [5.41, 5.74) is 0. The molecule has 0 amide bonds. The molecule has 110 valence electrons. The highest BCUT2D eigenvalue weighted by atomic mass is 16.6. The van der Waals surface area contributed by atoms with Gasteiger partial charge in [0.2, 0.25) is 11.5 Å². The van der Waals surface area contributed by atoms with E-state index >= 15 is 0 Å². The molecule has 0 N–H and O–H groups in total. The van der Waals surface area contributed by atoms with E-state index in [4.69, 9.17) is 18.3 Å². The third-order valence-corrected chi connectivity index (χ3v) is 2.70. The van der Waals surface area contributed by atoms with Crippen LogP contribution in [0.25, 0.3) is 0 Å². The van der Waals surface area contributed by atoms with Gasteiger partial charge in [0.15, 0.2) is 11.5 Å². The monoisotopic (exact) mass is 298 g/mol. The summed E-state index contributed by atoms with van der Waals surface area (Å²) in [6, 6.07) is 12.4. The van der Waals surface area contributed by atoms with Crippen molar-refractivity contribution >= 4 is 11.9 Å². The number of hydrogen-bond acceptors (Lipinski definition) is 6. The van der Waals surface area contributed by atoms with Crippen LogP contribution in [0, 0.1) is 0 Å². The van der Waals surface area contributed by atoms with Crippen LogP contribution in [0.2, 0.25) is 0 Å². The number of furan rings is 2. The molecular formula is C16H10O6. The smallest absolute Gasteiger partial charge is 0.379 e. The normalized spacial score (nSPS) is 10.2. The zero-order valence-corrected chi connectivity index (χ0v) is 11.2. The number of carbonyl (C=O) groups is 2. The van der Waals surface area contributed by atoms with E-state index in [1.807, 2.05) is 0 Å². The predicted octanol–water partition coefficient (Wildman–Crippen LogP) is 3.31. The van der Waals surface area contributed by atoms with Crippen LogP contribution in [0.1, 0.15) is 21.1 Å². The Morgan fingerprint density at radius 3 is 1.50 bits per heavy atom. The van der Waals surface area contributed by atoms with Gasteiger partial charge in [-0.25, -0.2) is 9.59 Å². The summed E-state index contributed by atoms with van der Waals surface area (Å²) in [6.45, 7) is 0. The second-order valence-electron chi connectivity index (χ2n) is 4.18. The molecule has 1 aromatic carbocycles. The van der Waals surface area contributed by atoms with E-state index in [0.29, 0.717) is 0 Å². The van der Waals surface area contributed by atoms with E-state index < -0.39 is 11.9 Å². The zero-order valence-electron chi connectivity index (χ0n) is 11.2. The molecule has 6 nitrogen and oxygen atoms in total. The Balaban J connectivity index is 1.78. The minimum absolute atomic E-state index is 0.0483. The molecule has 6 heteroatoms. The van der Waals surface area contributed by atoms with Crippen LogP contribution in [0.5, 0.6) is 11.5 Å². The minimum Gasteiger partial charge on any atom is -0.457 e. The second kappa shape index (κ2) is 6.01. The molecule has 0 radical (unpaired) electrons. The van der Waals surface area contributed by atoms with Crippen molar-refractivity contribution in [1.29, 1.82) is 0 Å². The minimum atomic E-state index is -0.688. The lowest BCUT2D eigenvalue weighted by molar-refractivity contribution is 0.0649. The van der Waals surface area contributed by atoms with Crippen molar-refractivity contribution in [3.63, 3.8) is 0 Å². The quantitative estimate of drug-likeness (QED) is 0.543. The van der Waals surface area contributed by atoms with Gasteiger partial charge in [0.05, 0.1) is 12.5 Å². The highest BCUT2D eigenvalue weighted by Gasteiger charge is 2.18. The number of hydrogen-bond donors (Lipinski definition) is 0. The van der Waals surface area contributed by atoms with E-state index in [2.05, 4.69) is 0 Å². The highest BCUT2D eigenvalue weighted by Crippen LogP contribution is 2.28. The molecule has 0 aliphatic carbocycles. The summed E-state index contributed by atoms with van der Waals surface area (Å²) >= 11 is 0. The number of rotatable bonds is 4. The summed E-state index contributed by atoms with van der Waals surface area (Å²) in [5, 5.41) is 0. The molecular weight excluding hydrogens is 288 g/mol. The molecule has 0 aliphatic rings. The van der Waals surface area contributed by atoms with E-state index in [0.717, 1.165) is 0 Å². The summed E-state index contributed by atoms with van der Waals surface area (Å²) in [4.78, 5) is 23.7. The van der Waals surface area contributed by atoms with Gasteiger partial charge in [0.1, 0.15) is 0 Å². The molecule has 22 heavy (non-hydrogen) atoms.